The predicted octanol–water partition coefficient (Wildman–Crippen LogP) is 2.72. The van der Waals surface area contributed by atoms with Gasteiger partial charge in [-0.1, -0.05) is 6.92 Å². The maximum absolute atomic E-state index is 14.0. The van der Waals surface area contributed by atoms with E-state index in [0.29, 0.717) is 19.6 Å². The average Bonchev–Trinajstić information content (AvgIpc) is 2.54. The van der Waals surface area contributed by atoms with Crippen LogP contribution in [0.2, 0.25) is 0 Å². The molecule has 1 aliphatic heterocycles. The van der Waals surface area contributed by atoms with E-state index < -0.39 is 24.3 Å². The SMILES string of the molecule is CC[C@@H]1CNCCN1C(=O)OCc1c(F)ccc(OC)c1F.Cl. The predicted molar refractivity (Wildman–Crippen MR) is 84.0 cm³/mol. The van der Waals surface area contributed by atoms with Crippen molar-refractivity contribution in [2.45, 2.75) is 26.0 Å². The topological polar surface area (TPSA) is 50.8 Å². The second-order valence-corrected chi connectivity index (χ2v) is 5.06. The van der Waals surface area contributed by atoms with Crippen molar-refractivity contribution in [3.05, 3.63) is 29.3 Å². The van der Waals surface area contributed by atoms with E-state index in [2.05, 4.69) is 5.32 Å². The van der Waals surface area contributed by atoms with E-state index >= 15 is 0 Å². The third-order valence-electron chi connectivity index (χ3n) is 3.77. The maximum Gasteiger partial charge on any atom is 0.410 e. The monoisotopic (exact) mass is 350 g/mol. The Labute approximate surface area is 140 Å². The van der Waals surface area contributed by atoms with Crippen LogP contribution in [0.15, 0.2) is 12.1 Å². The first kappa shape index (κ1) is 19.4. The van der Waals surface area contributed by atoms with Gasteiger partial charge >= 0.3 is 6.09 Å². The zero-order valence-electron chi connectivity index (χ0n) is 13.1. The first-order valence-corrected chi connectivity index (χ1v) is 7.23. The lowest BCUT2D eigenvalue weighted by Crippen LogP contribution is -2.53. The number of carbonyl (C=O) groups is 1. The summed E-state index contributed by atoms with van der Waals surface area (Å²) >= 11 is 0. The number of carbonyl (C=O) groups excluding carboxylic acids is 1. The Bertz CT molecular complexity index is 546. The molecule has 1 atom stereocenters. The molecule has 1 aliphatic rings. The zero-order chi connectivity index (χ0) is 16.1. The standard InChI is InChI=1S/C15H20F2N2O3.ClH/c1-3-10-8-18-6-7-19(10)15(20)22-9-11-12(16)4-5-13(21-2)14(11)17;/h4-5,10,18H,3,6-9H2,1-2H3;1H/t10-;/m1./s1. The highest BCUT2D eigenvalue weighted by atomic mass is 35.5. The van der Waals surface area contributed by atoms with Crippen LogP contribution in [0.1, 0.15) is 18.9 Å². The smallest absolute Gasteiger partial charge is 0.410 e. The molecule has 5 nitrogen and oxygen atoms in total. The van der Waals surface area contributed by atoms with Crippen LogP contribution in [0, 0.1) is 11.6 Å². The average molecular weight is 351 g/mol. The molecule has 0 unspecified atom stereocenters. The lowest BCUT2D eigenvalue weighted by Gasteiger charge is -2.34. The van der Waals surface area contributed by atoms with Gasteiger partial charge in [-0.25, -0.2) is 13.6 Å². The number of methoxy groups -OCH3 is 1. The Hall–Kier alpha value is -1.60. The fourth-order valence-corrected chi connectivity index (χ4v) is 2.45. The number of hydrogen-bond acceptors (Lipinski definition) is 4. The van der Waals surface area contributed by atoms with Crippen molar-refractivity contribution < 1.29 is 23.0 Å². The van der Waals surface area contributed by atoms with E-state index in [4.69, 9.17) is 9.47 Å². The molecule has 0 spiro atoms. The molecule has 0 bridgehead atoms. The third-order valence-corrected chi connectivity index (χ3v) is 3.77. The summed E-state index contributed by atoms with van der Waals surface area (Å²) in [4.78, 5) is 13.7. The Kier molecular flexibility index (Phi) is 7.51. The summed E-state index contributed by atoms with van der Waals surface area (Å²) < 4.78 is 37.6. The Morgan fingerprint density at radius 3 is 2.83 bits per heavy atom. The molecular formula is C15H21ClF2N2O3. The van der Waals surface area contributed by atoms with Gasteiger partial charge in [-0.05, 0) is 18.6 Å². The van der Waals surface area contributed by atoms with Gasteiger partial charge < -0.3 is 19.7 Å². The molecule has 23 heavy (non-hydrogen) atoms. The van der Waals surface area contributed by atoms with Gasteiger partial charge in [-0.3, -0.25) is 0 Å². The highest BCUT2D eigenvalue weighted by molar-refractivity contribution is 5.85. The summed E-state index contributed by atoms with van der Waals surface area (Å²) in [5.74, 6) is -1.69. The van der Waals surface area contributed by atoms with Crippen LogP contribution in [-0.4, -0.2) is 43.8 Å². The van der Waals surface area contributed by atoms with Crippen molar-refractivity contribution in [3.8, 4) is 5.75 Å². The molecule has 1 N–H and O–H groups in total. The van der Waals surface area contributed by atoms with Gasteiger partial charge in [0.15, 0.2) is 11.6 Å². The molecule has 0 aliphatic carbocycles. The molecule has 8 heteroatoms. The van der Waals surface area contributed by atoms with Gasteiger partial charge in [0.25, 0.3) is 0 Å². The summed E-state index contributed by atoms with van der Waals surface area (Å²) in [5, 5.41) is 3.19. The third kappa shape index (κ3) is 4.45. The summed E-state index contributed by atoms with van der Waals surface area (Å²) in [6.45, 7) is 3.38. The van der Waals surface area contributed by atoms with Crippen LogP contribution >= 0.6 is 12.4 Å². The second-order valence-electron chi connectivity index (χ2n) is 5.06. The Morgan fingerprint density at radius 2 is 2.17 bits per heavy atom. The van der Waals surface area contributed by atoms with Crippen molar-refractivity contribution in [2.75, 3.05) is 26.7 Å². The van der Waals surface area contributed by atoms with Gasteiger partial charge in [-0.15, -0.1) is 12.4 Å². The maximum atomic E-state index is 14.0. The van der Waals surface area contributed by atoms with Crippen molar-refractivity contribution in [2.24, 2.45) is 0 Å². The van der Waals surface area contributed by atoms with Gasteiger partial charge in [0.1, 0.15) is 12.4 Å². The number of benzene rings is 1. The Balaban J connectivity index is 0.00000264. The minimum absolute atomic E-state index is 0. The molecular weight excluding hydrogens is 330 g/mol. The highest BCUT2D eigenvalue weighted by Crippen LogP contribution is 2.24. The first-order valence-electron chi connectivity index (χ1n) is 7.23. The van der Waals surface area contributed by atoms with E-state index in [9.17, 15) is 13.6 Å². The van der Waals surface area contributed by atoms with Crippen molar-refractivity contribution in [1.82, 2.24) is 10.2 Å². The molecule has 1 saturated heterocycles. The van der Waals surface area contributed by atoms with Gasteiger partial charge in [-0.2, -0.15) is 0 Å². The minimum Gasteiger partial charge on any atom is -0.494 e. The number of halogens is 3. The van der Waals surface area contributed by atoms with Gasteiger partial charge in [0.05, 0.1) is 12.7 Å². The van der Waals surface area contributed by atoms with Crippen LogP contribution in [0.3, 0.4) is 0 Å². The molecule has 1 aromatic rings. The summed E-state index contributed by atoms with van der Waals surface area (Å²) in [6.07, 6.45) is 0.222. The highest BCUT2D eigenvalue weighted by Gasteiger charge is 2.27. The van der Waals surface area contributed by atoms with Crippen LogP contribution in [0.4, 0.5) is 13.6 Å². The zero-order valence-corrected chi connectivity index (χ0v) is 13.9. The van der Waals surface area contributed by atoms with E-state index in [1.165, 1.54) is 13.2 Å². The van der Waals surface area contributed by atoms with Crippen LogP contribution in [0.25, 0.3) is 0 Å². The fraction of sp³-hybridized carbons (Fsp3) is 0.533. The number of hydrogen-bond donors (Lipinski definition) is 1. The van der Waals surface area contributed by atoms with Crippen LogP contribution in [-0.2, 0) is 11.3 Å². The fourth-order valence-electron chi connectivity index (χ4n) is 2.45. The molecule has 0 radical (unpaired) electrons. The van der Waals surface area contributed by atoms with Crippen LogP contribution in [0.5, 0.6) is 5.75 Å². The van der Waals surface area contributed by atoms with E-state index in [-0.39, 0.29) is 29.8 Å². The summed E-state index contributed by atoms with van der Waals surface area (Å²) in [6, 6.07) is 2.31. The number of ether oxygens (including phenoxy) is 2. The molecule has 130 valence electrons. The summed E-state index contributed by atoms with van der Waals surface area (Å²) in [7, 11) is 1.29. The largest absolute Gasteiger partial charge is 0.494 e. The molecule has 0 aromatic heterocycles. The normalized spacial score (nSPS) is 17.4. The number of nitrogens with one attached hydrogen (secondary N) is 1. The van der Waals surface area contributed by atoms with Crippen molar-refractivity contribution in [1.29, 1.82) is 0 Å². The molecule has 2 rings (SSSR count). The van der Waals surface area contributed by atoms with Crippen molar-refractivity contribution >= 4 is 18.5 Å². The quantitative estimate of drug-likeness (QED) is 0.907. The van der Waals surface area contributed by atoms with Gasteiger partial charge in [0, 0.05) is 25.7 Å². The number of amides is 1. The number of nitrogens with zero attached hydrogens (tertiary/aromatic N) is 1. The van der Waals surface area contributed by atoms with Crippen LogP contribution < -0.4 is 10.1 Å². The molecule has 1 amide bonds. The molecule has 1 aromatic carbocycles. The number of piperazine rings is 1. The first-order chi connectivity index (χ1) is 10.6. The number of rotatable bonds is 4. The van der Waals surface area contributed by atoms with Gasteiger partial charge in [0.2, 0.25) is 0 Å². The molecule has 0 saturated carbocycles. The minimum atomic E-state index is -0.845. The molecule has 1 heterocycles. The lowest BCUT2D eigenvalue weighted by atomic mass is 10.1. The Morgan fingerprint density at radius 1 is 1.43 bits per heavy atom. The van der Waals surface area contributed by atoms with E-state index in [1.54, 1.807) is 4.90 Å². The summed E-state index contributed by atoms with van der Waals surface area (Å²) in [5.41, 5.74) is -0.309. The second kappa shape index (κ2) is 8.88. The van der Waals surface area contributed by atoms with E-state index in [0.717, 1.165) is 12.5 Å². The lowest BCUT2D eigenvalue weighted by molar-refractivity contribution is 0.0698. The molecule has 1 fully saturated rings. The van der Waals surface area contributed by atoms with E-state index in [1.807, 2.05) is 6.92 Å². The van der Waals surface area contributed by atoms with Crippen molar-refractivity contribution in [3.63, 3.8) is 0 Å².